The van der Waals surface area contributed by atoms with Crippen LogP contribution in [0.1, 0.15) is 31.9 Å². The zero-order chi connectivity index (χ0) is 14.8. The zero-order valence-corrected chi connectivity index (χ0v) is 12.1. The molecule has 0 radical (unpaired) electrons. The topological polar surface area (TPSA) is 50.4 Å². The summed E-state index contributed by atoms with van der Waals surface area (Å²) < 4.78 is 5.39. The minimum Gasteiger partial charge on any atom is -0.484 e. The number of carbonyl (C=O) groups excluding carboxylic acids is 1. The van der Waals surface area contributed by atoms with Crippen LogP contribution in [0.15, 0.2) is 24.3 Å². The van der Waals surface area contributed by atoms with Crippen LogP contribution in [0.4, 0.5) is 0 Å². The number of benzene rings is 1. The van der Waals surface area contributed by atoms with E-state index in [9.17, 15) is 4.79 Å². The van der Waals surface area contributed by atoms with Crippen molar-refractivity contribution in [2.24, 2.45) is 0 Å². The van der Waals surface area contributed by atoms with Crippen LogP contribution in [0.5, 0.6) is 5.75 Å². The molecule has 2 N–H and O–H groups in total. The molecule has 1 rings (SSSR count). The van der Waals surface area contributed by atoms with Crippen molar-refractivity contribution in [3.63, 3.8) is 0 Å². The number of amides is 1. The summed E-state index contributed by atoms with van der Waals surface area (Å²) in [6.45, 7) is 5.38. The van der Waals surface area contributed by atoms with Gasteiger partial charge in [0.05, 0.1) is 6.54 Å². The van der Waals surface area contributed by atoms with Crippen molar-refractivity contribution < 1.29 is 9.53 Å². The van der Waals surface area contributed by atoms with Gasteiger partial charge in [-0.15, -0.1) is 6.42 Å². The minimum absolute atomic E-state index is 0.0224. The third kappa shape index (κ3) is 5.33. The maximum Gasteiger partial charge on any atom is 0.258 e. The van der Waals surface area contributed by atoms with Crippen LogP contribution in [0, 0.1) is 12.3 Å². The monoisotopic (exact) mass is 274 g/mol. The van der Waals surface area contributed by atoms with E-state index in [0.29, 0.717) is 11.8 Å². The number of rotatable bonds is 8. The van der Waals surface area contributed by atoms with Gasteiger partial charge < -0.3 is 15.4 Å². The molecular weight excluding hydrogens is 252 g/mol. The van der Waals surface area contributed by atoms with Gasteiger partial charge in [0.25, 0.3) is 5.91 Å². The Morgan fingerprint density at radius 1 is 1.35 bits per heavy atom. The third-order valence-electron chi connectivity index (χ3n) is 2.90. The molecule has 1 atom stereocenters. The molecule has 0 aliphatic carbocycles. The van der Waals surface area contributed by atoms with Crippen LogP contribution in [0.2, 0.25) is 0 Å². The molecule has 1 aromatic carbocycles. The SMILES string of the molecule is C#CCNC(=O)COc1ccc(C(CC)NCC)cc1. The summed E-state index contributed by atoms with van der Waals surface area (Å²) in [5, 5.41) is 5.97. The Balaban J connectivity index is 2.50. The largest absolute Gasteiger partial charge is 0.484 e. The van der Waals surface area contributed by atoms with Gasteiger partial charge >= 0.3 is 0 Å². The lowest BCUT2D eigenvalue weighted by molar-refractivity contribution is -0.122. The van der Waals surface area contributed by atoms with Crippen molar-refractivity contribution >= 4 is 5.91 Å². The summed E-state index contributed by atoms with van der Waals surface area (Å²) in [7, 11) is 0. The number of terminal acetylenes is 1. The van der Waals surface area contributed by atoms with E-state index in [-0.39, 0.29) is 19.1 Å². The third-order valence-corrected chi connectivity index (χ3v) is 2.90. The number of hydrogen-bond donors (Lipinski definition) is 2. The molecule has 0 saturated carbocycles. The Hall–Kier alpha value is -1.99. The Labute approximate surface area is 120 Å². The number of ether oxygens (including phenoxy) is 1. The van der Waals surface area contributed by atoms with E-state index in [2.05, 4.69) is 30.4 Å². The summed E-state index contributed by atoms with van der Waals surface area (Å²) in [5.41, 5.74) is 1.22. The Kier molecular flexibility index (Phi) is 7.23. The van der Waals surface area contributed by atoms with Crippen molar-refractivity contribution in [1.82, 2.24) is 10.6 Å². The maximum atomic E-state index is 11.3. The van der Waals surface area contributed by atoms with E-state index in [1.54, 1.807) is 0 Å². The average Bonchev–Trinajstić information content (AvgIpc) is 2.49. The lowest BCUT2D eigenvalue weighted by atomic mass is 10.0. The van der Waals surface area contributed by atoms with Crippen LogP contribution in [-0.4, -0.2) is 25.6 Å². The van der Waals surface area contributed by atoms with Gasteiger partial charge in [0.2, 0.25) is 0 Å². The Morgan fingerprint density at radius 2 is 2.05 bits per heavy atom. The van der Waals surface area contributed by atoms with Gasteiger partial charge in [0.1, 0.15) is 5.75 Å². The molecule has 0 bridgehead atoms. The highest BCUT2D eigenvalue weighted by Crippen LogP contribution is 2.20. The van der Waals surface area contributed by atoms with E-state index in [0.717, 1.165) is 13.0 Å². The molecule has 0 spiro atoms. The molecule has 1 aromatic rings. The van der Waals surface area contributed by atoms with Crippen LogP contribution in [0.3, 0.4) is 0 Å². The molecule has 0 saturated heterocycles. The van der Waals surface area contributed by atoms with E-state index >= 15 is 0 Å². The average molecular weight is 274 g/mol. The van der Waals surface area contributed by atoms with Crippen molar-refractivity contribution in [2.75, 3.05) is 19.7 Å². The lowest BCUT2D eigenvalue weighted by Gasteiger charge is -2.16. The predicted molar refractivity (Wildman–Crippen MR) is 80.5 cm³/mol. The van der Waals surface area contributed by atoms with Crippen molar-refractivity contribution in [2.45, 2.75) is 26.3 Å². The van der Waals surface area contributed by atoms with Crippen LogP contribution in [-0.2, 0) is 4.79 Å². The van der Waals surface area contributed by atoms with Crippen molar-refractivity contribution in [3.8, 4) is 18.1 Å². The first-order valence-corrected chi connectivity index (χ1v) is 6.87. The molecule has 108 valence electrons. The molecule has 4 nitrogen and oxygen atoms in total. The zero-order valence-electron chi connectivity index (χ0n) is 12.1. The van der Waals surface area contributed by atoms with Gasteiger partial charge in [-0.25, -0.2) is 0 Å². The van der Waals surface area contributed by atoms with E-state index < -0.39 is 0 Å². The first kappa shape index (κ1) is 16.1. The first-order valence-electron chi connectivity index (χ1n) is 6.87. The Morgan fingerprint density at radius 3 is 2.60 bits per heavy atom. The fourth-order valence-corrected chi connectivity index (χ4v) is 1.89. The van der Waals surface area contributed by atoms with Gasteiger partial charge in [0, 0.05) is 6.04 Å². The minimum atomic E-state index is -0.217. The second-order valence-corrected chi connectivity index (χ2v) is 4.36. The molecule has 0 aliphatic rings. The van der Waals surface area contributed by atoms with Gasteiger partial charge in [-0.05, 0) is 30.7 Å². The van der Waals surface area contributed by atoms with E-state index in [1.807, 2.05) is 24.3 Å². The molecule has 0 heterocycles. The number of nitrogens with one attached hydrogen (secondary N) is 2. The fraction of sp³-hybridized carbons (Fsp3) is 0.438. The van der Waals surface area contributed by atoms with Crippen LogP contribution in [0.25, 0.3) is 0 Å². The standard InChI is InChI=1S/C16H22N2O2/c1-4-11-18-16(19)12-20-14-9-7-13(8-10-14)15(5-2)17-6-3/h1,7-10,15,17H,5-6,11-12H2,2-3H3,(H,18,19). The van der Waals surface area contributed by atoms with Crippen LogP contribution < -0.4 is 15.4 Å². The highest BCUT2D eigenvalue weighted by atomic mass is 16.5. The fourth-order valence-electron chi connectivity index (χ4n) is 1.89. The molecule has 0 aliphatic heterocycles. The van der Waals surface area contributed by atoms with Gasteiger partial charge in [-0.3, -0.25) is 4.79 Å². The highest BCUT2D eigenvalue weighted by molar-refractivity contribution is 5.77. The maximum absolute atomic E-state index is 11.3. The normalized spacial score (nSPS) is 11.4. The molecule has 0 aromatic heterocycles. The van der Waals surface area contributed by atoms with E-state index in [1.165, 1.54) is 5.56 Å². The van der Waals surface area contributed by atoms with Crippen molar-refractivity contribution in [1.29, 1.82) is 0 Å². The number of carbonyl (C=O) groups is 1. The Bertz CT molecular complexity index is 449. The van der Waals surface area contributed by atoms with Gasteiger partial charge in [-0.1, -0.05) is 31.9 Å². The highest BCUT2D eigenvalue weighted by Gasteiger charge is 2.07. The lowest BCUT2D eigenvalue weighted by Crippen LogP contribution is -2.29. The second kappa shape index (κ2) is 9.00. The van der Waals surface area contributed by atoms with E-state index in [4.69, 9.17) is 11.2 Å². The predicted octanol–water partition coefficient (Wildman–Crippen LogP) is 1.88. The molecule has 20 heavy (non-hydrogen) atoms. The summed E-state index contributed by atoms with van der Waals surface area (Å²) in [5.74, 6) is 2.80. The summed E-state index contributed by atoms with van der Waals surface area (Å²) in [6, 6.07) is 8.15. The summed E-state index contributed by atoms with van der Waals surface area (Å²) in [4.78, 5) is 11.3. The molecule has 1 unspecified atom stereocenters. The van der Waals surface area contributed by atoms with Gasteiger partial charge in [0.15, 0.2) is 6.61 Å². The molecule has 4 heteroatoms. The first-order chi connectivity index (χ1) is 9.71. The summed E-state index contributed by atoms with van der Waals surface area (Å²) in [6.07, 6.45) is 6.09. The molecule has 1 amide bonds. The molecule has 0 fully saturated rings. The quantitative estimate of drug-likeness (QED) is 0.712. The van der Waals surface area contributed by atoms with Crippen LogP contribution >= 0.6 is 0 Å². The second-order valence-electron chi connectivity index (χ2n) is 4.36. The molecular formula is C16H22N2O2. The van der Waals surface area contributed by atoms with Crippen molar-refractivity contribution in [3.05, 3.63) is 29.8 Å². The van der Waals surface area contributed by atoms with Gasteiger partial charge in [-0.2, -0.15) is 0 Å². The number of hydrogen-bond acceptors (Lipinski definition) is 3. The summed E-state index contributed by atoms with van der Waals surface area (Å²) >= 11 is 0. The smallest absolute Gasteiger partial charge is 0.258 e.